The molecule has 96 heavy (non-hydrogen) atoms. The zero-order valence-corrected chi connectivity index (χ0v) is 67.6. The van der Waals surface area contributed by atoms with Crippen LogP contribution in [-0.4, -0.2) is 284 Å². The molecule has 37 nitrogen and oxygen atoms in total. The van der Waals surface area contributed by atoms with Crippen LogP contribution in [0.2, 0.25) is 0 Å². The van der Waals surface area contributed by atoms with Gasteiger partial charge in [0.15, 0.2) is 6.29 Å². The van der Waals surface area contributed by atoms with Crippen molar-refractivity contribution in [2.75, 3.05) is 59.3 Å². The molecule has 6 rings (SSSR count). The van der Waals surface area contributed by atoms with Crippen LogP contribution in [0.25, 0.3) is 11.5 Å². The number of carboxylic acid groups (broad SMARTS) is 1. The van der Waals surface area contributed by atoms with Crippen molar-refractivity contribution in [2.45, 2.75) is 191 Å². The van der Waals surface area contributed by atoms with Gasteiger partial charge in [-0.1, -0.05) is 58.8 Å². The quantitative estimate of drug-likeness (QED) is 0.00939. The van der Waals surface area contributed by atoms with E-state index in [9.17, 15) is 59.7 Å². The topological polar surface area (TPSA) is 565 Å². The van der Waals surface area contributed by atoms with Crippen molar-refractivity contribution in [1.29, 1.82) is 0 Å². The standard InChI is InChI=1S/C52H84N8O21.5Na.2H2O4S/c1-26-35(63)37(65)33(53)48(77-26)75-22-20-73-18-14-55-29(61)12-13-30(62)58(15-10-9-11-16-60-45(69)31-32(46(60)70)44(52(6,7)8)81-43(31)51(3,4)5)24-28-25-59(57-56-28)17-19-74-21-23-76-50-40(68)39(67)41(42(80-50)47(71)72)79-49-34(54)38(66)36(64)27(2)78-49;;;;;;2*1-5(2,3)4/h25-27,31-44,48-50,53-54,63-68H,1-2,9-24H2,3-8H3,(H,55,61)(H,71,72);;;;;;2*(H2,1,2,3,4)/q-4;5*+1;;/p-3/t26?,27?,31-,32+,33?,34?,35-,36-,37-,38-,39-,40?,41+,42?,43+,44-,48+,49-,50-;;;;;;;/m1......./s1. The van der Waals surface area contributed by atoms with Gasteiger partial charge in [-0.25, -0.2) is 21.5 Å². The van der Waals surface area contributed by atoms with Crippen LogP contribution in [0.5, 0.6) is 0 Å². The minimum Gasteiger partial charge on any atom is -0.726 e. The maximum absolute atomic E-state index is 13.9. The number of imide groups is 1. The Morgan fingerprint density at radius 3 is 1.64 bits per heavy atom. The molecule has 19 atom stereocenters. The molecule has 0 aliphatic carbocycles. The van der Waals surface area contributed by atoms with E-state index in [-0.39, 0.29) is 262 Å². The third-order valence-electron chi connectivity index (χ3n) is 14.8. The van der Waals surface area contributed by atoms with Crippen molar-refractivity contribution in [3.8, 4) is 0 Å². The largest absolute Gasteiger partial charge is 1.00 e. The van der Waals surface area contributed by atoms with Gasteiger partial charge >= 0.3 is 148 Å². The Hall–Kier alpha value is 0.750. The normalized spacial score (nSPS) is 30.4. The molecule has 1 aromatic rings. The summed E-state index contributed by atoms with van der Waals surface area (Å²) in [6.45, 7) is 19.9. The number of ether oxygens (including phenoxy) is 9. The van der Waals surface area contributed by atoms with Crippen LogP contribution in [-0.2, 0) is 100 Å². The van der Waals surface area contributed by atoms with Gasteiger partial charge in [-0.15, -0.1) is 5.10 Å². The first-order valence-corrected chi connectivity index (χ1v) is 31.5. The first-order valence-electron chi connectivity index (χ1n) is 28.8. The number of rotatable bonds is 28. The molecular weight excluding hydrogens is 1380 g/mol. The molecule has 5 aliphatic rings. The van der Waals surface area contributed by atoms with Gasteiger partial charge in [0.25, 0.3) is 0 Å². The Balaban J connectivity index is 0. The zero-order valence-electron chi connectivity index (χ0n) is 56.0. The summed E-state index contributed by atoms with van der Waals surface area (Å²) in [5.41, 5.74) is 15.8. The number of aliphatic hydroxyl groups excluding tert-OH is 6. The summed E-state index contributed by atoms with van der Waals surface area (Å²) in [5.74, 6) is -4.16. The summed E-state index contributed by atoms with van der Waals surface area (Å²) in [4.78, 5) is 69.3. The third-order valence-corrected chi connectivity index (χ3v) is 14.8. The average Bonchev–Trinajstić information content (AvgIpc) is 1.55. The number of likely N-dealkylation sites (tertiary alicyclic amines) is 1. The number of nitrogens with one attached hydrogen (secondary N) is 3. The van der Waals surface area contributed by atoms with Crippen LogP contribution in [0, 0.1) is 36.5 Å². The number of hydrogen-bond acceptors (Lipinski definition) is 29. The Morgan fingerprint density at radius 1 is 0.656 bits per heavy atom. The van der Waals surface area contributed by atoms with Gasteiger partial charge in [0.2, 0.25) is 44.4 Å². The molecule has 5 fully saturated rings. The smallest absolute Gasteiger partial charge is 0.726 e. The molecular formula is C52H85N8Na5O29S2-2. The predicted octanol–water partition coefficient (Wildman–Crippen LogP) is -19.8. The molecule has 0 radical (unpaired) electrons. The third kappa shape index (κ3) is 31.8. The summed E-state index contributed by atoms with van der Waals surface area (Å²) in [6.07, 6.45) is -18.1. The van der Waals surface area contributed by atoms with E-state index in [4.69, 9.17) is 89.1 Å². The Bertz CT molecular complexity index is 2670. The van der Waals surface area contributed by atoms with Gasteiger partial charge in [0, 0.05) is 32.5 Å². The number of carbonyl (C=O) groups is 5. The van der Waals surface area contributed by atoms with E-state index >= 15 is 0 Å². The summed E-state index contributed by atoms with van der Waals surface area (Å²) < 4.78 is 117. The van der Waals surface area contributed by atoms with Crippen LogP contribution in [0.1, 0.15) is 79.3 Å². The fraction of sp³-hybridized carbons (Fsp3) is 0.827. The van der Waals surface area contributed by atoms with E-state index in [1.807, 2.05) is 41.5 Å². The van der Waals surface area contributed by atoms with E-state index < -0.39 is 149 Å². The molecule has 0 aromatic carbocycles. The number of nitrogens with zero attached hydrogens (tertiary/aromatic N) is 5. The second-order valence-corrected chi connectivity index (χ2v) is 25.7. The molecule has 5 saturated heterocycles. The van der Waals surface area contributed by atoms with Crippen molar-refractivity contribution >= 4 is 50.4 Å². The SMILES string of the molecule is O=S(=O)([O-])O.O=S(=O)([O-])O.[CH2-]C1O[C@H](O[C@@H]2C(C(=O)[O-])O[C@@H](OCCOCCn3cc(CN(CCCCCN4C(=O)[C@@H]5[C@H](C4=O)[C@H](C(C)(C)C)O[C@@H]5C(C)(C)C)C(=O)CCC(=O)NCCOCCO[C@H]4OC([CH2-])[C@@H](O)[C@H](O)C4[NH-])nn3)C(O)[C@H]2O)C([NH-])[C@@H](O)[C@@H]1O.[Na+].[Na+].[Na+].[Na+].[Na+]. The van der Waals surface area contributed by atoms with Crippen LogP contribution in [0.15, 0.2) is 6.20 Å². The van der Waals surface area contributed by atoms with Gasteiger partial charge in [0.05, 0.1) is 113 Å². The summed E-state index contributed by atoms with van der Waals surface area (Å²) in [7, 11) is -9.83. The summed E-state index contributed by atoms with van der Waals surface area (Å²) in [6, 6.07) is -2.87. The number of aliphatic carboxylic acids is 1. The van der Waals surface area contributed by atoms with Crippen molar-refractivity contribution in [3.63, 3.8) is 0 Å². The molecule has 4 amide bonds. The average molecular weight is 1470 g/mol. The minimum atomic E-state index is -4.92. The first-order chi connectivity index (χ1) is 42.1. The van der Waals surface area contributed by atoms with Gasteiger partial charge in [-0.3, -0.25) is 33.2 Å². The van der Waals surface area contributed by atoms with Gasteiger partial charge in [-0.05, 0) is 42.3 Å². The molecule has 526 valence electrons. The molecule has 0 saturated carbocycles. The number of aliphatic hydroxyl groups is 6. The molecule has 1 aromatic heterocycles. The Labute approximate surface area is 668 Å². The number of unbranched alkanes of at least 4 members (excludes halogenated alkanes) is 2. The fourth-order valence-electron chi connectivity index (χ4n) is 10.3. The van der Waals surface area contributed by atoms with E-state index in [2.05, 4.69) is 29.5 Å². The maximum Gasteiger partial charge on any atom is 1.00 e. The van der Waals surface area contributed by atoms with Gasteiger partial charge in [-0.2, -0.15) is 0 Å². The second kappa shape index (κ2) is 45.3. The Morgan fingerprint density at radius 2 is 1.14 bits per heavy atom. The fourth-order valence-corrected chi connectivity index (χ4v) is 10.3. The number of hydrogen-bond donors (Lipinski definition) is 9. The van der Waals surface area contributed by atoms with Crippen LogP contribution in [0.4, 0.5) is 0 Å². The van der Waals surface area contributed by atoms with E-state index in [1.54, 1.807) is 11.1 Å². The minimum absolute atomic E-state index is 0. The second-order valence-electron chi connectivity index (χ2n) is 24.0. The van der Waals surface area contributed by atoms with Gasteiger partial charge < -0.3 is 128 Å². The van der Waals surface area contributed by atoms with E-state index in [0.29, 0.717) is 25.0 Å². The molecule has 11 N–H and O–H groups in total. The number of amides is 4. The number of fused-ring (bicyclic) bond motifs is 1. The predicted molar refractivity (Wildman–Crippen MR) is 300 cm³/mol. The van der Waals surface area contributed by atoms with Crippen LogP contribution >= 0.6 is 0 Å². The summed E-state index contributed by atoms with van der Waals surface area (Å²) in [5, 5.41) is 84.6. The molecule has 5 aliphatic heterocycles. The number of carbonyl (C=O) groups excluding carboxylic acids is 5. The zero-order chi connectivity index (χ0) is 68.7. The number of aromatic nitrogens is 3. The van der Waals surface area contributed by atoms with Crippen molar-refractivity contribution in [3.05, 3.63) is 37.2 Å². The van der Waals surface area contributed by atoms with Crippen molar-refractivity contribution in [2.24, 2.45) is 22.7 Å². The molecule has 44 heteroatoms. The van der Waals surface area contributed by atoms with Gasteiger partial charge in [0.1, 0.15) is 42.7 Å². The molecule has 6 unspecified atom stereocenters. The van der Waals surface area contributed by atoms with Crippen LogP contribution < -0.4 is 158 Å². The monoisotopic (exact) mass is 1460 g/mol. The van der Waals surface area contributed by atoms with Crippen molar-refractivity contribution < 1.29 is 285 Å². The Kier molecular flexibility index (Phi) is 46.6. The number of carboxylic acids is 1. The summed E-state index contributed by atoms with van der Waals surface area (Å²) >= 11 is 0. The maximum atomic E-state index is 13.9. The van der Waals surface area contributed by atoms with Crippen molar-refractivity contribution in [1.82, 2.24) is 30.1 Å². The van der Waals surface area contributed by atoms with E-state index in [1.165, 1.54) is 9.58 Å². The molecule has 0 spiro atoms. The molecule has 0 bridgehead atoms. The van der Waals surface area contributed by atoms with E-state index in [0.717, 1.165) is 0 Å². The first kappa shape index (κ1) is 98.8. The van der Waals surface area contributed by atoms with Crippen LogP contribution in [0.3, 0.4) is 0 Å². The molecule has 6 heterocycles.